The maximum atomic E-state index is 2.55. The zero-order chi connectivity index (χ0) is 14.0. The van der Waals surface area contributed by atoms with Crippen LogP contribution in [-0.2, 0) is 10.8 Å². The summed E-state index contributed by atoms with van der Waals surface area (Å²) in [6, 6.07) is 9.62. The lowest BCUT2D eigenvalue weighted by molar-refractivity contribution is -0.00524. The predicted molar refractivity (Wildman–Crippen MR) is 85.0 cm³/mol. The van der Waals surface area contributed by atoms with Crippen LogP contribution in [0.4, 0.5) is 0 Å². The molecule has 0 N–H and O–H groups in total. The third-order valence-electron chi connectivity index (χ3n) is 6.38. The summed E-state index contributed by atoms with van der Waals surface area (Å²) >= 11 is 0. The molecule has 1 aromatic carbocycles. The molecule has 0 nitrogen and oxygen atoms in total. The van der Waals surface area contributed by atoms with E-state index in [1.165, 1.54) is 44.1 Å². The molecule has 0 amide bonds. The maximum absolute atomic E-state index is 2.55. The third kappa shape index (κ3) is 1.95. The van der Waals surface area contributed by atoms with Crippen molar-refractivity contribution in [1.82, 2.24) is 0 Å². The summed E-state index contributed by atoms with van der Waals surface area (Å²) in [5.74, 6) is 3.12. The summed E-state index contributed by atoms with van der Waals surface area (Å²) in [7, 11) is 0. The Morgan fingerprint density at radius 3 is 1.95 bits per heavy atom. The van der Waals surface area contributed by atoms with Crippen LogP contribution < -0.4 is 0 Å². The molecular weight excluding hydrogens is 240 g/mol. The number of rotatable bonds is 1. The molecule has 4 aliphatic carbocycles. The van der Waals surface area contributed by atoms with Gasteiger partial charge in [0.1, 0.15) is 0 Å². The Morgan fingerprint density at radius 1 is 0.900 bits per heavy atom. The van der Waals surface area contributed by atoms with Crippen molar-refractivity contribution in [1.29, 1.82) is 0 Å². The van der Waals surface area contributed by atoms with Crippen LogP contribution in [-0.4, -0.2) is 0 Å². The van der Waals surface area contributed by atoms with Gasteiger partial charge in [0.15, 0.2) is 0 Å². The van der Waals surface area contributed by atoms with Gasteiger partial charge in [0, 0.05) is 0 Å². The molecule has 0 spiro atoms. The molecule has 1 aromatic rings. The quantitative estimate of drug-likeness (QED) is 0.635. The van der Waals surface area contributed by atoms with Gasteiger partial charge in [-0.1, -0.05) is 45.0 Å². The lowest BCUT2D eigenvalue weighted by Crippen LogP contribution is -2.48. The van der Waals surface area contributed by atoms with Crippen LogP contribution in [0, 0.1) is 17.8 Å². The van der Waals surface area contributed by atoms with Crippen LogP contribution >= 0.6 is 0 Å². The molecule has 0 heteroatoms. The highest BCUT2D eigenvalue weighted by Crippen LogP contribution is 2.60. The van der Waals surface area contributed by atoms with Gasteiger partial charge in [0.2, 0.25) is 0 Å². The molecule has 4 bridgehead atoms. The van der Waals surface area contributed by atoms with Crippen LogP contribution in [0.5, 0.6) is 0 Å². The molecule has 0 aromatic heterocycles. The summed E-state index contributed by atoms with van der Waals surface area (Å²) in [5, 5.41) is 0. The fraction of sp³-hybridized carbons (Fsp3) is 0.700. The smallest absolute Gasteiger partial charge is 0.00390 e. The molecule has 0 aliphatic heterocycles. The van der Waals surface area contributed by atoms with Crippen LogP contribution in [0.2, 0.25) is 0 Å². The highest BCUT2D eigenvalue weighted by molar-refractivity contribution is 5.35. The molecule has 0 unspecified atom stereocenters. The molecule has 0 saturated heterocycles. The van der Waals surface area contributed by atoms with Gasteiger partial charge in [-0.2, -0.15) is 0 Å². The predicted octanol–water partition coefficient (Wildman–Crippen LogP) is 5.45. The van der Waals surface area contributed by atoms with Gasteiger partial charge in [-0.05, 0) is 78.2 Å². The molecule has 4 fully saturated rings. The molecule has 108 valence electrons. The molecule has 4 saturated carbocycles. The van der Waals surface area contributed by atoms with Crippen LogP contribution in [0.3, 0.4) is 0 Å². The van der Waals surface area contributed by atoms with E-state index >= 15 is 0 Å². The molecule has 0 atom stereocenters. The standard InChI is InChI=1S/C20H28/c1-19(2,3)17-5-4-6-18(10-17)20-11-14-7-15(12-20)9-16(8-14)13-20/h4-6,10,14-16H,7-9,11-13H2,1-3H3. The van der Waals surface area contributed by atoms with Gasteiger partial charge in [-0.25, -0.2) is 0 Å². The first-order valence-electron chi connectivity index (χ1n) is 8.56. The second-order valence-electron chi connectivity index (χ2n) is 9.03. The summed E-state index contributed by atoms with van der Waals surface area (Å²) in [4.78, 5) is 0. The lowest BCUT2D eigenvalue weighted by atomic mass is 9.48. The number of benzene rings is 1. The van der Waals surface area contributed by atoms with Crippen molar-refractivity contribution in [2.45, 2.75) is 70.1 Å². The van der Waals surface area contributed by atoms with E-state index in [0.717, 1.165) is 17.8 Å². The fourth-order valence-corrected chi connectivity index (χ4v) is 5.78. The minimum Gasteiger partial charge on any atom is -0.0617 e. The topological polar surface area (TPSA) is 0 Å². The van der Waals surface area contributed by atoms with Crippen molar-refractivity contribution in [2.24, 2.45) is 17.8 Å². The number of hydrogen-bond acceptors (Lipinski definition) is 0. The first kappa shape index (κ1) is 12.9. The van der Waals surface area contributed by atoms with Crippen molar-refractivity contribution in [2.75, 3.05) is 0 Å². The van der Waals surface area contributed by atoms with Crippen molar-refractivity contribution in [3.05, 3.63) is 35.4 Å². The Labute approximate surface area is 124 Å². The minimum atomic E-state index is 0.276. The largest absolute Gasteiger partial charge is 0.0617 e. The van der Waals surface area contributed by atoms with E-state index in [9.17, 15) is 0 Å². The molecule has 0 heterocycles. The van der Waals surface area contributed by atoms with Gasteiger partial charge < -0.3 is 0 Å². The van der Waals surface area contributed by atoms with Gasteiger partial charge in [-0.15, -0.1) is 0 Å². The Balaban J connectivity index is 1.74. The summed E-state index contributed by atoms with van der Waals surface area (Å²) in [5.41, 5.74) is 4.02. The molecular formula is C20H28. The van der Waals surface area contributed by atoms with E-state index in [2.05, 4.69) is 45.0 Å². The molecule has 0 radical (unpaired) electrons. The Bertz CT molecular complexity index is 482. The van der Waals surface area contributed by atoms with E-state index in [1.54, 1.807) is 5.56 Å². The summed E-state index contributed by atoms with van der Waals surface area (Å²) < 4.78 is 0. The van der Waals surface area contributed by atoms with Crippen LogP contribution in [0.1, 0.15) is 70.4 Å². The monoisotopic (exact) mass is 268 g/mol. The Hall–Kier alpha value is -0.780. The fourth-order valence-electron chi connectivity index (χ4n) is 5.78. The minimum absolute atomic E-state index is 0.276. The van der Waals surface area contributed by atoms with Crippen LogP contribution in [0.25, 0.3) is 0 Å². The van der Waals surface area contributed by atoms with Crippen molar-refractivity contribution in [3.8, 4) is 0 Å². The first-order valence-corrected chi connectivity index (χ1v) is 8.56. The Morgan fingerprint density at radius 2 is 1.45 bits per heavy atom. The molecule has 4 aliphatic rings. The normalized spacial score (nSPS) is 39.2. The molecule has 5 rings (SSSR count). The van der Waals surface area contributed by atoms with E-state index in [-0.39, 0.29) is 5.41 Å². The van der Waals surface area contributed by atoms with Gasteiger partial charge in [0.25, 0.3) is 0 Å². The molecule has 20 heavy (non-hydrogen) atoms. The van der Waals surface area contributed by atoms with Gasteiger partial charge >= 0.3 is 0 Å². The second-order valence-corrected chi connectivity index (χ2v) is 9.03. The van der Waals surface area contributed by atoms with Crippen molar-refractivity contribution in [3.63, 3.8) is 0 Å². The van der Waals surface area contributed by atoms with Gasteiger partial charge in [-0.3, -0.25) is 0 Å². The number of hydrogen-bond donors (Lipinski definition) is 0. The van der Waals surface area contributed by atoms with Gasteiger partial charge in [0.05, 0.1) is 0 Å². The van der Waals surface area contributed by atoms with E-state index in [4.69, 9.17) is 0 Å². The second kappa shape index (κ2) is 4.12. The van der Waals surface area contributed by atoms with Crippen molar-refractivity contribution < 1.29 is 0 Å². The average molecular weight is 268 g/mol. The zero-order valence-corrected chi connectivity index (χ0v) is 13.3. The SMILES string of the molecule is CC(C)(C)c1cccc(C23CC4CC(CC(C4)C2)C3)c1. The Kier molecular flexibility index (Phi) is 2.66. The summed E-state index contributed by atoms with van der Waals surface area (Å²) in [6.45, 7) is 7.02. The zero-order valence-electron chi connectivity index (χ0n) is 13.3. The lowest BCUT2D eigenvalue weighted by Gasteiger charge is -2.57. The van der Waals surface area contributed by atoms with Crippen LogP contribution in [0.15, 0.2) is 24.3 Å². The van der Waals surface area contributed by atoms with E-state index in [1.807, 2.05) is 0 Å². The first-order chi connectivity index (χ1) is 9.45. The van der Waals surface area contributed by atoms with E-state index in [0.29, 0.717) is 5.41 Å². The highest BCUT2D eigenvalue weighted by Gasteiger charge is 2.51. The van der Waals surface area contributed by atoms with Crippen molar-refractivity contribution >= 4 is 0 Å². The maximum Gasteiger partial charge on any atom is -0.00390 e. The summed E-state index contributed by atoms with van der Waals surface area (Å²) in [6.07, 6.45) is 9.06. The van der Waals surface area contributed by atoms with E-state index < -0.39 is 0 Å². The highest BCUT2D eigenvalue weighted by atomic mass is 14.6. The third-order valence-corrected chi connectivity index (χ3v) is 6.38. The average Bonchev–Trinajstić information content (AvgIpc) is 2.36.